The summed E-state index contributed by atoms with van der Waals surface area (Å²) in [4.78, 5) is 4.04. The Kier molecular flexibility index (Phi) is 8.58. The first kappa shape index (κ1) is 14.2. The number of aliphatic imine (C=N–C) groups is 1. The molecule has 0 saturated heterocycles. The van der Waals surface area contributed by atoms with Crippen molar-refractivity contribution in [2.24, 2.45) is 4.99 Å². The summed E-state index contributed by atoms with van der Waals surface area (Å²) in [7, 11) is 1.64. The van der Waals surface area contributed by atoms with Gasteiger partial charge in [-0.25, -0.2) is 0 Å². The minimum absolute atomic E-state index is 0.602. The van der Waals surface area contributed by atoms with Crippen molar-refractivity contribution < 1.29 is 4.52 Å². The van der Waals surface area contributed by atoms with Crippen LogP contribution >= 0.6 is 17.0 Å². The Morgan fingerprint density at radius 1 is 1.71 bits per heavy atom. The van der Waals surface area contributed by atoms with Crippen LogP contribution in [0.2, 0.25) is 0 Å². The summed E-state index contributed by atoms with van der Waals surface area (Å²) in [5.41, 5.74) is -1.94. The van der Waals surface area contributed by atoms with Crippen LogP contribution < -0.4 is 5.09 Å². The van der Waals surface area contributed by atoms with Crippen LogP contribution in [0, 0.1) is 0 Å². The van der Waals surface area contributed by atoms with E-state index in [9.17, 15) is 0 Å². The molecule has 0 rings (SSSR count). The number of hydrogen-bond donors (Lipinski definition) is 1. The molecule has 0 spiro atoms. The van der Waals surface area contributed by atoms with Crippen molar-refractivity contribution >= 4 is 35.1 Å². The van der Waals surface area contributed by atoms with Gasteiger partial charge in [-0.05, 0) is 18.2 Å². The van der Waals surface area contributed by atoms with Gasteiger partial charge in [0.25, 0.3) is 0 Å². The maximum atomic E-state index is 5.34. The van der Waals surface area contributed by atoms with Crippen molar-refractivity contribution in [3.8, 4) is 0 Å². The number of nitrogens with one attached hydrogen (secondary N) is 1. The molecule has 0 bridgehead atoms. The van der Waals surface area contributed by atoms with Crippen molar-refractivity contribution in [2.45, 2.75) is 13.3 Å². The third kappa shape index (κ3) is 6.60. The second-order valence-electron chi connectivity index (χ2n) is 2.43. The van der Waals surface area contributed by atoms with E-state index in [0.717, 1.165) is 12.2 Å². The monoisotopic (exact) mass is 252 g/mol. The molecule has 14 heavy (non-hydrogen) atoms. The van der Waals surface area contributed by atoms with E-state index < -0.39 is 5.62 Å². The van der Waals surface area contributed by atoms with Crippen LogP contribution in [-0.2, 0) is 16.3 Å². The minimum Gasteiger partial charge on any atom is -0.330 e. The highest BCUT2D eigenvalue weighted by Gasteiger charge is 2.13. The first-order valence-corrected chi connectivity index (χ1v) is 8.67. The highest BCUT2D eigenvalue weighted by molar-refractivity contribution is 8.68. The molecule has 0 amide bonds. The molecule has 0 aromatic carbocycles. The predicted octanol–water partition coefficient (Wildman–Crippen LogP) is 2.80. The Morgan fingerprint density at radius 2 is 2.43 bits per heavy atom. The van der Waals surface area contributed by atoms with Gasteiger partial charge < -0.3 is 9.61 Å². The SMILES string of the molecule is C=CC/N=C/NP(=S)(OC)SCCC. The molecule has 82 valence electrons. The van der Waals surface area contributed by atoms with Crippen LogP contribution in [0.4, 0.5) is 0 Å². The van der Waals surface area contributed by atoms with Gasteiger partial charge in [-0.1, -0.05) is 24.4 Å². The molecule has 1 unspecified atom stereocenters. The Morgan fingerprint density at radius 3 is 2.93 bits per heavy atom. The molecule has 0 aliphatic heterocycles. The number of nitrogens with zero attached hydrogens (tertiary/aromatic N) is 1. The Bertz CT molecular complexity index is 233. The fourth-order valence-corrected chi connectivity index (χ4v) is 4.29. The predicted molar refractivity (Wildman–Crippen MR) is 70.7 cm³/mol. The quantitative estimate of drug-likeness (QED) is 0.312. The summed E-state index contributed by atoms with van der Waals surface area (Å²) in [6.07, 6.45) is 4.44. The van der Waals surface area contributed by atoms with Crippen molar-refractivity contribution in [3.63, 3.8) is 0 Å². The van der Waals surface area contributed by atoms with E-state index in [-0.39, 0.29) is 0 Å². The molecule has 0 aliphatic carbocycles. The van der Waals surface area contributed by atoms with E-state index in [4.69, 9.17) is 16.3 Å². The number of rotatable bonds is 8. The summed E-state index contributed by atoms with van der Waals surface area (Å²) in [6, 6.07) is 0. The second kappa shape index (κ2) is 8.48. The normalized spacial score (nSPS) is 15.3. The lowest BCUT2D eigenvalue weighted by Gasteiger charge is -2.18. The van der Waals surface area contributed by atoms with Gasteiger partial charge >= 0.3 is 0 Å². The van der Waals surface area contributed by atoms with Gasteiger partial charge in [0.15, 0.2) is 0 Å². The summed E-state index contributed by atoms with van der Waals surface area (Å²) in [5, 5.41) is 3.04. The van der Waals surface area contributed by atoms with Crippen LogP contribution in [0.25, 0.3) is 0 Å². The average Bonchev–Trinajstić information content (AvgIpc) is 2.22. The van der Waals surface area contributed by atoms with E-state index in [1.807, 2.05) is 0 Å². The standard InChI is InChI=1S/C8H17N2OPS2/c1-4-6-9-8-10-12(13,11-3)14-7-5-2/h4,8H,1,5-7H2,2-3H3,(H,9,10,13). The molecule has 0 saturated carbocycles. The van der Waals surface area contributed by atoms with Crippen LogP contribution in [0.1, 0.15) is 13.3 Å². The van der Waals surface area contributed by atoms with Crippen molar-refractivity contribution in [1.82, 2.24) is 5.09 Å². The third-order valence-corrected chi connectivity index (χ3v) is 7.13. The van der Waals surface area contributed by atoms with E-state index >= 15 is 0 Å². The molecule has 0 heterocycles. The smallest absolute Gasteiger partial charge is 0.210 e. The molecule has 0 fully saturated rings. The molecule has 6 heteroatoms. The molecular weight excluding hydrogens is 235 g/mol. The van der Waals surface area contributed by atoms with Gasteiger partial charge in [0.2, 0.25) is 5.62 Å². The fourth-order valence-electron chi connectivity index (χ4n) is 0.593. The van der Waals surface area contributed by atoms with Crippen molar-refractivity contribution in [2.75, 3.05) is 19.4 Å². The maximum Gasteiger partial charge on any atom is 0.210 e. The van der Waals surface area contributed by atoms with Crippen LogP contribution in [0.5, 0.6) is 0 Å². The van der Waals surface area contributed by atoms with Crippen LogP contribution in [0.15, 0.2) is 17.6 Å². The van der Waals surface area contributed by atoms with Crippen LogP contribution in [-0.4, -0.2) is 25.7 Å². The third-order valence-electron chi connectivity index (χ3n) is 1.25. The van der Waals surface area contributed by atoms with E-state index in [1.165, 1.54) is 0 Å². The van der Waals surface area contributed by atoms with Gasteiger partial charge in [-0.3, -0.25) is 4.99 Å². The Hall–Kier alpha value is 0.170. The molecule has 0 radical (unpaired) electrons. The second-order valence-corrected chi connectivity index (χ2v) is 9.26. The van der Waals surface area contributed by atoms with Gasteiger partial charge in [-0.15, -0.1) is 6.58 Å². The molecule has 0 aromatic heterocycles. The lowest BCUT2D eigenvalue weighted by Crippen LogP contribution is -2.07. The molecule has 0 aromatic rings. The first-order valence-electron chi connectivity index (χ1n) is 4.35. The van der Waals surface area contributed by atoms with E-state index in [2.05, 4.69) is 23.6 Å². The largest absolute Gasteiger partial charge is 0.330 e. The minimum atomic E-state index is -1.94. The summed E-state index contributed by atoms with van der Waals surface area (Å²) in [6.45, 7) is 6.29. The zero-order chi connectivity index (χ0) is 10.9. The van der Waals surface area contributed by atoms with Gasteiger partial charge in [0, 0.05) is 12.9 Å². The van der Waals surface area contributed by atoms with E-state index in [1.54, 1.807) is 30.9 Å². The Balaban J connectivity index is 3.98. The van der Waals surface area contributed by atoms with E-state index in [0.29, 0.717) is 6.54 Å². The average molecular weight is 252 g/mol. The topological polar surface area (TPSA) is 33.6 Å². The van der Waals surface area contributed by atoms with Gasteiger partial charge in [0.05, 0.1) is 12.9 Å². The molecule has 0 aliphatic rings. The lowest BCUT2D eigenvalue weighted by atomic mass is 10.6. The first-order chi connectivity index (χ1) is 6.68. The lowest BCUT2D eigenvalue weighted by molar-refractivity contribution is 0.467. The van der Waals surface area contributed by atoms with Crippen molar-refractivity contribution in [1.29, 1.82) is 0 Å². The highest BCUT2D eigenvalue weighted by Crippen LogP contribution is 2.55. The summed E-state index contributed by atoms with van der Waals surface area (Å²) < 4.78 is 5.28. The zero-order valence-corrected chi connectivity index (χ0v) is 11.1. The molecule has 1 atom stereocenters. The highest BCUT2D eigenvalue weighted by atomic mass is 32.9. The molecule has 1 N–H and O–H groups in total. The maximum absolute atomic E-state index is 5.34. The number of hydrogen-bond acceptors (Lipinski definition) is 4. The molecular formula is C8H17N2OPS2. The zero-order valence-electron chi connectivity index (χ0n) is 8.60. The fraction of sp³-hybridized carbons (Fsp3) is 0.625. The molecule has 3 nitrogen and oxygen atoms in total. The Labute approximate surface area is 95.3 Å². The van der Waals surface area contributed by atoms with Crippen LogP contribution in [0.3, 0.4) is 0 Å². The van der Waals surface area contributed by atoms with Gasteiger partial charge in [0.1, 0.15) is 0 Å². The van der Waals surface area contributed by atoms with Gasteiger partial charge in [-0.2, -0.15) is 0 Å². The summed E-state index contributed by atoms with van der Waals surface area (Å²) >= 11 is 7.00. The van der Waals surface area contributed by atoms with Crippen molar-refractivity contribution in [3.05, 3.63) is 12.7 Å². The summed E-state index contributed by atoms with van der Waals surface area (Å²) in [5.74, 6) is 1.01.